The Balaban J connectivity index is 1.82. The quantitative estimate of drug-likeness (QED) is 0.824. The van der Waals surface area contributed by atoms with Crippen molar-refractivity contribution in [2.75, 3.05) is 39.8 Å². The molecule has 2 saturated heterocycles. The second-order valence-electron chi connectivity index (χ2n) is 6.47. The third-order valence-corrected chi connectivity index (χ3v) is 4.63. The van der Waals surface area contributed by atoms with Gasteiger partial charge in [-0.25, -0.2) is 0 Å². The largest absolute Gasteiger partial charge is 0.311 e. The van der Waals surface area contributed by atoms with Crippen molar-refractivity contribution in [1.82, 2.24) is 15.1 Å². The molecule has 0 saturated carbocycles. The van der Waals surface area contributed by atoms with E-state index in [1.165, 1.54) is 58.4 Å². The molecule has 18 heavy (non-hydrogen) atoms. The molecule has 3 atom stereocenters. The van der Waals surface area contributed by atoms with Crippen LogP contribution in [0.4, 0.5) is 0 Å². The predicted octanol–water partition coefficient (Wildman–Crippen LogP) is 1.79. The Morgan fingerprint density at radius 3 is 2.83 bits per heavy atom. The zero-order valence-electron chi connectivity index (χ0n) is 12.5. The number of nitrogens with zero attached hydrogens (tertiary/aromatic N) is 2. The first-order valence-corrected chi connectivity index (χ1v) is 7.85. The van der Waals surface area contributed by atoms with E-state index in [1.807, 2.05) is 0 Å². The molecule has 2 fully saturated rings. The van der Waals surface area contributed by atoms with E-state index < -0.39 is 0 Å². The minimum absolute atomic E-state index is 0.713. The van der Waals surface area contributed by atoms with Crippen molar-refractivity contribution in [2.45, 2.75) is 51.6 Å². The lowest BCUT2D eigenvalue weighted by Crippen LogP contribution is -2.57. The van der Waals surface area contributed by atoms with Crippen molar-refractivity contribution in [3.05, 3.63) is 0 Å². The van der Waals surface area contributed by atoms with Crippen molar-refractivity contribution >= 4 is 0 Å². The number of rotatable bonds is 4. The summed E-state index contributed by atoms with van der Waals surface area (Å²) in [6.45, 7) is 11.0. The van der Waals surface area contributed by atoms with Crippen LogP contribution >= 0.6 is 0 Å². The SMILES string of the molecule is CCCC1CN(CC2CCCN(C)C2)C(C)CN1. The molecule has 2 aliphatic rings. The number of piperazine rings is 1. The molecule has 2 heterocycles. The van der Waals surface area contributed by atoms with E-state index in [-0.39, 0.29) is 0 Å². The maximum atomic E-state index is 3.69. The van der Waals surface area contributed by atoms with Crippen LogP contribution in [0.5, 0.6) is 0 Å². The predicted molar refractivity (Wildman–Crippen MR) is 78.0 cm³/mol. The van der Waals surface area contributed by atoms with Crippen molar-refractivity contribution in [3.8, 4) is 0 Å². The Kier molecular flexibility index (Phi) is 5.46. The van der Waals surface area contributed by atoms with Crippen LogP contribution in [0.2, 0.25) is 0 Å². The van der Waals surface area contributed by atoms with Gasteiger partial charge in [-0.3, -0.25) is 4.90 Å². The average molecular weight is 253 g/mol. The number of piperidine rings is 1. The van der Waals surface area contributed by atoms with Gasteiger partial charge in [0.15, 0.2) is 0 Å². The van der Waals surface area contributed by atoms with Crippen LogP contribution in [0.1, 0.15) is 39.5 Å². The smallest absolute Gasteiger partial charge is 0.0195 e. The maximum Gasteiger partial charge on any atom is 0.0195 e. The van der Waals surface area contributed by atoms with Crippen LogP contribution in [0.25, 0.3) is 0 Å². The van der Waals surface area contributed by atoms with Gasteiger partial charge in [-0.1, -0.05) is 13.3 Å². The van der Waals surface area contributed by atoms with Crippen molar-refractivity contribution in [3.63, 3.8) is 0 Å². The summed E-state index contributed by atoms with van der Waals surface area (Å²) in [5.74, 6) is 0.895. The molecule has 106 valence electrons. The molecule has 0 amide bonds. The fourth-order valence-electron chi connectivity index (χ4n) is 3.54. The van der Waals surface area contributed by atoms with E-state index in [0.29, 0.717) is 6.04 Å². The summed E-state index contributed by atoms with van der Waals surface area (Å²) in [7, 11) is 2.27. The van der Waals surface area contributed by atoms with Gasteiger partial charge in [-0.2, -0.15) is 0 Å². The van der Waals surface area contributed by atoms with E-state index in [2.05, 4.69) is 36.0 Å². The summed E-state index contributed by atoms with van der Waals surface area (Å²) in [5.41, 5.74) is 0. The third kappa shape index (κ3) is 3.94. The highest BCUT2D eigenvalue weighted by Crippen LogP contribution is 2.19. The van der Waals surface area contributed by atoms with Gasteiger partial charge in [0.2, 0.25) is 0 Å². The van der Waals surface area contributed by atoms with Gasteiger partial charge in [0.05, 0.1) is 0 Å². The molecule has 1 N–H and O–H groups in total. The molecule has 0 spiro atoms. The average Bonchev–Trinajstić information content (AvgIpc) is 2.34. The second-order valence-corrected chi connectivity index (χ2v) is 6.47. The number of likely N-dealkylation sites (tertiary alicyclic amines) is 1. The maximum absolute atomic E-state index is 3.69. The first kappa shape index (κ1) is 14.3. The molecule has 0 bridgehead atoms. The molecular weight excluding hydrogens is 222 g/mol. The Labute approximate surface area is 113 Å². The standard InChI is InChI=1S/C15H31N3/c1-4-6-15-12-18(13(2)9-16-15)11-14-7-5-8-17(3)10-14/h13-16H,4-12H2,1-3H3. The highest BCUT2D eigenvalue weighted by Gasteiger charge is 2.27. The number of hydrogen-bond acceptors (Lipinski definition) is 3. The van der Waals surface area contributed by atoms with Gasteiger partial charge < -0.3 is 10.2 Å². The minimum atomic E-state index is 0.713. The summed E-state index contributed by atoms with van der Waals surface area (Å²) < 4.78 is 0. The van der Waals surface area contributed by atoms with E-state index in [4.69, 9.17) is 0 Å². The molecule has 3 heteroatoms. The molecule has 2 aliphatic heterocycles. The molecule has 0 aromatic heterocycles. The lowest BCUT2D eigenvalue weighted by molar-refractivity contribution is 0.0904. The first-order chi connectivity index (χ1) is 8.69. The van der Waals surface area contributed by atoms with Crippen LogP contribution in [-0.4, -0.2) is 61.7 Å². The molecular formula is C15H31N3. The summed E-state index contributed by atoms with van der Waals surface area (Å²) >= 11 is 0. The summed E-state index contributed by atoms with van der Waals surface area (Å²) in [4.78, 5) is 5.24. The van der Waals surface area contributed by atoms with E-state index in [0.717, 1.165) is 12.0 Å². The van der Waals surface area contributed by atoms with Crippen molar-refractivity contribution < 1.29 is 0 Å². The Hall–Kier alpha value is -0.120. The number of nitrogens with one attached hydrogen (secondary N) is 1. The second kappa shape index (κ2) is 6.88. The van der Waals surface area contributed by atoms with Gasteiger partial charge >= 0.3 is 0 Å². The Bertz CT molecular complexity index is 244. The van der Waals surface area contributed by atoms with Gasteiger partial charge in [0, 0.05) is 38.3 Å². The monoisotopic (exact) mass is 253 g/mol. The van der Waals surface area contributed by atoms with Gasteiger partial charge in [-0.15, -0.1) is 0 Å². The molecule has 0 radical (unpaired) electrons. The van der Waals surface area contributed by atoms with Gasteiger partial charge in [0.1, 0.15) is 0 Å². The topological polar surface area (TPSA) is 18.5 Å². The fraction of sp³-hybridized carbons (Fsp3) is 1.00. The van der Waals surface area contributed by atoms with Gasteiger partial charge in [-0.05, 0) is 45.7 Å². The summed E-state index contributed by atoms with van der Waals surface area (Å²) in [6, 6.07) is 1.44. The molecule has 3 unspecified atom stereocenters. The zero-order chi connectivity index (χ0) is 13.0. The first-order valence-electron chi connectivity index (χ1n) is 7.85. The normalized spacial score (nSPS) is 35.8. The zero-order valence-corrected chi connectivity index (χ0v) is 12.5. The molecule has 0 aliphatic carbocycles. The van der Waals surface area contributed by atoms with Crippen molar-refractivity contribution in [1.29, 1.82) is 0 Å². The van der Waals surface area contributed by atoms with Crippen LogP contribution in [0.15, 0.2) is 0 Å². The van der Waals surface area contributed by atoms with Crippen LogP contribution < -0.4 is 5.32 Å². The van der Waals surface area contributed by atoms with E-state index >= 15 is 0 Å². The molecule has 3 nitrogen and oxygen atoms in total. The fourth-order valence-corrected chi connectivity index (χ4v) is 3.54. The summed E-state index contributed by atoms with van der Waals surface area (Å²) in [6.07, 6.45) is 5.44. The third-order valence-electron chi connectivity index (χ3n) is 4.63. The Morgan fingerprint density at radius 1 is 1.28 bits per heavy atom. The highest BCUT2D eigenvalue weighted by molar-refractivity contribution is 4.86. The minimum Gasteiger partial charge on any atom is -0.311 e. The molecule has 0 aromatic carbocycles. The Morgan fingerprint density at radius 2 is 2.11 bits per heavy atom. The van der Waals surface area contributed by atoms with E-state index in [1.54, 1.807) is 0 Å². The van der Waals surface area contributed by atoms with Crippen molar-refractivity contribution in [2.24, 2.45) is 5.92 Å². The lowest BCUT2D eigenvalue weighted by atomic mass is 9.96. The highest BCUT2D eigenvalue weighted by atomic mass is 15.2. The van der Waals surface area contributed by atoms with Crippen LogP contribution in [0.3, 0.4) is 0 Å². The molecule has 2 rings (SSSR count). The van der Waals surface area contributed by atoms with Crippen LogP contribution in [-0.2, 0) is 0 Å². The molecule has 0 aromatic rings. The lowest BCUT2D eigenvalue weighted by Gasteiger charge is -2.42. The van der Waals surface area contributed by atoms with E-state index in [9.17, 15) is 0 Å². The number of hydrogen-bond donors (Lipinski definition) is 1. The summed E-state index contributed by atoms with van der Waals surface area (Å²) in [5, 5.41) is 3.69. The van der Waals surface area contributed by atoms with Crippen LogP contribution in [0, 0.1) is 5.92 Å². The van der Waals surface area contributed by atoms with Gasteiger partial charge in [0.25, 0.3) is 0 Å².